The molecule has 4 N–H and O–H groups in total. The fourth-order valence-corrected chi connectivity index (χ4v) is 2.66. The van der Waals surface area contributed by atoms with Crippen LogP contribution >= 0.6 is 0 Å². The Hall–Kier alpha value is -1.40. The molecule has 1 fully saturated rings. The number of aryl methyl sites for hydroxylation is 1. The van der Waals surface area contributed by atoms with Gasteiger partial charge in [-0.05, 0) is 32.6 Å². The van der Waals surface area contributed by atoms with E-state index in [1.54, 1.807) is 7.11 Å². The highest BCUT2D eigenvalue weighted by atomic mass is 16.5. The summed E-state index contributed by atoms with van der Waals surface area (Å²) in [6.45, 7) is 4.10. The number of nitrogens with one attached hydrogen (secondary N) is 2. The molecule has 0 spiro atoms. The highest BCUT2D eigenvalue weighted by Crippen LogP contribution is 2.27. The zero-order valence-electron chi connectivity index (χ0n) is 12.6. The summed E-state index contributed by atoms with van der Waals surface area (Å²) in [7, 11) is 1.78. The predicted molar refractivity (Wildman–Crippen MR) is 80.6 cm³/mol. The first-order valence-electron chi connectivity index (χ1n) is 7.31. The monoisotopic (exact) mass is 279 g/mol. The Labute approximate surface area is 120 Å². The minimum atomic E-state index is 0.358. The molecule has 2 unspecified atom stereocenters. The first-order chi connectivity index (χ1) is 9.67. The Morgan fingerprint density at radius 1 is 1.30 bits per heavy atom. The van der Waals surface area contributed by atoms with Crippen molar-refractivity contribution in [2.45, 2.75) is 58.1 Å². The fourth-order valence-electron chi connectivity index (χ4n) is 2.66. The molecule has 0 aromatic carbocycles. The number of rotatable bonds is 6. The molecule has 112 valence electrons. The number of hydrogen-bond acceptors (Lipinski definition) is 6. The summed E-state index contributed by atoms with van der Waals surface area (Å²) in [4.78, 5) is 9.06. The average molecular weight is 279 g/mol. The van der Waals surface area contributed by atoms with E-state index in [1.165, 1.54) is 0 Å². The molecule has 1 aromatic rings. The predicted octanol–water partition coefficient (Wildman–Crippen LogP) is 2.00. The summed E-state index contributed by atoms with van der Waals surface area (Å²) in [5, 5.41) is 3.52. The van der Waals surface area contributed by atoms with Crippen LogP contribution in [-0.2, 0) is 11.2 Å². The van der Waals surface area contributed by atoms with E-state index in [2.05, 4.69) is 27.6 Å². The number of methoxy groups -OCH3 is 1. The maximum atomic E-state index is 5.55. The molecule has 1 aliphatic carbocycles. The average Bonchev–Trinajstić information content (AvgIpc) is 2.90. The summed E-state index contributed by atoms with van der Waals surface area (Å²) in [5.41, 5.74) is 3.63. The summed E-state index contributed by atoms with van der Waals surface area (Å²) in [5.74, 6) is 7.97. The first kappa shape index (κ1) is 15.0. The molecule has 0 bridgehead atoms. The molecule has 1 aliphatic rings. The summed E-state index contributed by atoms with van der Waals surface area (Å²) < 4.78 is 5.41. The van der Waals surface area contributed by atoms with Gasteiger partial charge in [-0.25, -0.2) is 15.8 Å². The Kier molecular flexibility index (Phi) is 5.14. The lowest BCUT2D eigenvalue weighted by Crippen LogP contribution is -2.21. The van der Waals surface area contributed by atoms with Gasteiger partial charge in [-0.15, -0.1) is 0 Å². The molecule has 1 heterocycles. The van der Waals surface area contributed by atoms with Crippen LogP contribution in [0.3, 0.4) is 0 Å². The van der Waals surface area contributed by atoms with Crippen LogP contribution in [0.15, 0.2) is 0 Å². The number of ether oxygens (including phenoxy) is 1. The van der Waals surface area contributed by atoms with E-state index >= 15 is 0 Å². The van der Waals surface area contributed by atoms with Crippen molar-refractivity contribution < 1.29 is 4.74 Å². The SMILES string of the molecule is CCCc1nc(NN)c(C)c(NC2CCC(OC)C2)n1. The van der Waals surface area contributed by atoms with Gasteiger partial charge >= 0.3 is 0 Å². The van der Waals surface area contributed by atoms with E-state index in [9.17, 15) is 0 Å². The molecule has 0 amide bonds. The standard InChI is InChI=1S/C14H25N5O/c1-4-5-12-17-13(9(2)14(18-12)19-15)16-10-6-7-11(8-10)20-3/h10-11H,4-8,15H2,1-3H3,(H2,16,17,18,19). The lowest BCUT2D eigenvalue weighted by molar-refractivity contribution is 0.108. The van der Waals surface area contributed by atoms with Crippen LogP contribution in [-0.4, -0.2) is 29.2 Å². The van der Waals surface area contributed by atoms with Gasteiger partial charge in [0.05, 0.1) is 6.10 Å². The molecule has 0 saturated heterocycles. The zero-order chi connectivity index (χ0) is 14.5. The van der Waals surface area contributed by atoms with Crippen LogP contribution in [0.1, 0.15) is 44.0 Å². The van der Waals surface area contributed by atoms with Gasteiger partial charge in [-0.3, -0.25) is 0 Å². The van der Waals surface area contributed by atoms with Crippen LogP contribution in [0.4, 0.5) is 11.6 Å². The molecule has 1 aromatic heterocycles. The highest BCUT2D eigenvalue weighted by Gasteiger charge is 2.25. The maximum Gasteiger partial charge on any atom is 0.148 e. The van der Waals surface area contributed by atoms with Gasteiger partial charge in [0.25, 0.3) is 0 Å². The van der Waals surface area contributed by atoms with Gasteiger partial charge in [0.1, 0.15) is 17.5 Å². The van der Waals surface area contributed by atoms with Crippen LogP contribution in [0, 0.1) is 6.92 Å². The Morgan fingerprint density at radius 3 is 2.65 bits per heavy atom. The van der Waals surface area contributed by atoms with Gasteiger partial charge in [0.15, 0.2) is 0 Å². The van der Waals surface area contributed by atoms with Crippen LogP contribution in [0.5, 0.6) is 0 Å². The number of aromatic nitrogens is 2. The normalized spacial score (nSPS) is 22.0. The van der Waals surface area contributed by atoms with E-state index in [1.807, 2.05) is 6.92 Å². The smallest absolute Gasteiger partial charge is 0.148 e. The maximum absolute atomic E-state index is 5.55. The van der Waals surface area contributed by atoms with Gasteiger partial charge in [-0.1, -0.05) is 6.92 Å². The quantitative estimate of drug-likeness (QED) is 0.545. The van der Waals surface area contributed by atoms with E-state index < -0.39 is 0 Å². The molecular weight excluding hydrogens is 254 g/mol. The molecule has 6 nitrogen and oxygen atoms in total. The molecule has 20 heavy (non-hydrogen) atoms. The zero-order valence-corrected chi connectivity index (χ0v) is 12.6. The van der Waals surface area contributed by atoms with E-state index in [4.69, 9.17) is 10.6 Å². The Morgan fingerprint density at radius 2 is 2.05 bits per heavy atom. The van der Waals surface area contributed by atoms with Crippen LogP contribution in [0.2, 0.25) is 0 Å². The van der Waals surface area contributed by atoms with E-state index in [-0.39, 0.29) is 0 Å². The van der Waals surface area contributed by atoms with Crippen molar-refractivity contribution >= 4 is 11.6 Å². The molecule has 2 rings (SSSR count). The second-order valence-electron chi connectivity index (χ2n) is 5.37. The number of nitrogens with zero attached hydrogens (tertiary/aromatic N) is 2. The van der Waals surface area contributed by atoms with Crippen molar-refractivity contribution in [3.05, 3.63) is 11.4 Å². The molecular formula is C14H25N5O. The van der Waals surface area contributed by atoms with Crippen molar-refractivity contribution in [1.82, 2.24) is 9.97 Å². The largest absolute Gasteiger partial charge is 0.381 e. The molecule has 0 radical (unpaired) electrons. The summed E-state index contributed by atoms with van der Waals surface area (Å²) in [6.07, 6.45) is 5.46. The van der Waals surface area contributed by atoms with Crippen molar-refractivity contribution in [1.29, 1.82) is 0 Å². The summed E-state index contributed by atoms with van der Waals surface area (Å²) in [6, 6.07) is 0.411. The van der Waals surface area contributed by atoms with Gasteiger partial charge < -0.3 is 15.5 Å². The molecule has 1 saturated carbocycles. The minimum absolute atomic E-state index is 0.358. The summed E-state index contributed by atoms with van der Waals surface area (Å²) >= 11 is 0. The molecule has 2 atom stereocenters. The lowest BCUT2D eigenvalue weighted by atomic mass is 10.2. The number of anilines is 2. The third-order valence-electron chi connectivity index (χ3n) is 3.86. The highest BCUT2D eigenvalue weighted by molar-refractivity contribution is 5.57. The van der Waals surface area contributed by atoms with Gasteiger partial charge in [-0.2, -0.15) is 0 Å². The topological polar surface area (TPSA) is 85.1 Å². The van der Waals surface area contributed by atoms with Gasteiger partial charge in [0.2, 0.25) is 0 Å². The van der Waals surface area contributed by atoms with Gasteiger partial charge in [0, 0.05) is 25.1 Å². The molecule has 6 heteroatoms. The van der Waals surface area contributed by atoms with E-state index in [0.29, 0.717) is 18.0 Å². The number of nitrogens with two attached hydrogens (primary N) is 1. The fraction of sp³-hybridized carbons (Fsp3) is 0.714. The van der Waals surface area contributed by atoms with Crippen molar-refractivity contribution in [2.75, 3.05) is 17.9 Å². The third kappa shape index (κ3) is 3.37. The minimum Gasteiger partial charge on any atom is -0.381 e. The number of nitrogen functional groups attached to an aromatic ring is 1. The number of hydrazine groups is 1. The Balaban J connectivity index is 2.15. The third-order valence-corrected chi connectivity index (χ3v) is 3.86. The van der Waals surface area contributed by atoms with Crippen molar-refractivity contribution in [3.8, 4) is 0 Å². The van der Waals surface area contributed by atoms with Crippen molar-refractivity contribution in [3.63, 3.8) is 0 Å². The second kappa shape index (κ2) is 6.85. The molecule has 0 aliphatic heterocycles. The first-order valence-corrected chi connectivity index (χ1v) is 7.31. The Bertz CT molecular complexity index is 451. The second-order valence-corrected chi connectivity index (χ2v) is 5.37. The van der Waals surface area contributed by atoms with E-state index in [0.717, 1.165) is 49.3 Å². The lowest BCUT2D eigenvalue weighted by Gasteiger charge is -2.17. The van der Waals surface area contributed by atoms with Crippen LogP contribution in [0.25, 0.3) is 0 Å². The van der Waals surface area contributed by atoms with Crippen molar-refractivity contribution in [2.24, 2.45) is 5.84 Å². The number of hydrogen-bond donors (Lipinski definition) is 3. The van der Waals surface area contributed by atoms with Crippen LogP contribution < -0.4 is 16.6 Å².